The van der Waals surface area contributed by atoms with E-state index in [0.29, 0.717) is 5.92 Å². The quantitative estimate of drug-likeness (QED) is 0.128. The van der Waals surface area contributed by atoms with Gasteiger partial charge in [0.05, 0.1) is 63.9 Å². The fourth-order valence-electron chi connectivity index (χ4n) is 4.91. The Morgan fingerprint density at radius 1 is 0.794 bits per heavy atom. The average Bonchev–Trinajstić information content (AvgIpc) is 2.82. The number of carbonyl (C=O) groups excluding carboxylic acids is 2. The Morgan fingerprint density at radius 2 is 1.35 bits per heavy atom. The molecule has 198 valence electrons. The first-order chi connectivity index (χ1) is 16.3. The van der Waals surface area contributed by atoms with Crippen LogP contribution >= 0.6 is 23.5 Å². The highest BCUT2D eigenvalue weighted by Crippen LogP contribution is 2.19. The van der Waals surface area contributed by atoms with Crippen LogP contribution in [0.15, 0.2) is 24.8 Å². The molecule has 0 bridgehead atoms. The van der Waals surface area contributed by atoms with E-state index in [1.807, 2.05) is 0 Å². The minimum atomic E-state index is 0.0627. The Hall–Kier alpha value is -0.560. The van der Waals surface area contributed by atoms with Gasteiger partial charge in [0.2, 0.25) is 10.2 Å². The lowest BCUT2D eigenvalue weighted by Gasteiger charge is -2.39. The predicted molar refractivity (Wildman–Crippen MR) is 154 cm³/mol. The molecule has 0 saturated carbocycles. The molecule has 0 N–H and O–H groups in total. The van der Waals surface area contributed by atoms with Crippen LogP contribution in [0.25, 0.3) is 0 Å². The van der Waals surface area contributed by atoms with Crippen molar-refractivity contribution < 1.29 is 18.6 Å². The van der Waals surface area contributed by atoms with E-state index in [1.54, 1.807) is 6.08 Å². The summed E-state index contributed by atoms with van der Waals surface area (Å²) in [7, 11) is 0. The van der Waals surface area contributed by atoms with Gasteiger partial charge in [-0.25, -0.2) is 0 Å². The van der Waals surface area contributed by atoms with Crippen molar-refractivity contribution in [3.05, 3.63) is 24.8 Å². The molecular weight excluding hydrogens is 460 g/mol. The summed E-state index contributed by atoms with van der Waals surface area (Å²) < 4.78 is 2.19. The number of nitrogens with zero attached hydrogens (tertiary/aromatic N) is 2. The number of carbonyl (C=O) groups is 2. The number of unbranched alkanes of at least 4 members (excludes halogenated alkanes) is 1. The molecule has 0 heterocycles. The number of thioether (sulfide) groups is 2. The zero-order valence-corrected chi connectivity index (χ0v) is 24.8. The number of hydrogen-bond acceptors (Lipinski definition) is 4. The number of allylic oxidation sites excluding steroid dienone is 1. The highest BCUT2D eigenvalue weighted by Gasteiger charge is 2.27. The Bertz CT molecular complexity index is 611. The standard InChI is InChI=1S/C28H54N2O2S2/c1-8-14-20-29(12-5,18-9-2)21-23-34-28(32)17-15-16-26(7)25-30(13-6,19-10-3)22-24-33-27(31)11-4/h11,15,17,26H,4,8-10,12-14,16,18-25H2,1-3,5-7H3/q+2/b17-15+. The van der Waals surface area contributed by atoms with Crippen molar-refractivity contribution in [3.8, 4) is 0 Å². The zero-order valence-electron chi connectivity index (χ0n) is 23.2. The van der Waals surface area contributed by atoms with Crippen molar-refractivity contribution in [3.63, 3.8) is 0 Å². The molecule has 0 aromatic carbocycles. The van der Waals surface area contributed by atoms with Gasteiger partial charge in [-0.3, -0.25) is 9.59 Å². The third kappa shape index (κ3) is 14.1. The SMILES string of the molecule is C=CC(=O)SCC[N+](CC)(CCC)CC(C)C/C=C/C(=O)SCC[N+](CC)(CCC)CCCC. The lowest BCUT2D eigenvalue weighted by atomic mass is 10.0. The van der Waals surface area contributed by atoms with Gasteiger partial charge in [-0.15, -0.1) is 0 Å². The summed E-state index contributed by atoms with van der Waals surface area (Å²) in [4.78, 5) is 24.1. The van der Waals surface area contributed by atoms with Crippen molar-refractivity contribution in [1.29, 1.82) is 0 Å². The third-order valence-electron chi connectivity index (χ3n) is 7.00. The van der Waals surface area contributed by atoms with Gasteiger partial charge in [-0.1, -0.05) is 70.3 Å². The number of hydrogen-bond donors (Lipinski definition) is 0. The molecule has 0 aromatic rings. The predicted octanol–water partition coefficient (Wildman–Crippen LogP) is 6.57. The van der Waals surface area contributed by atoms with Crippen LogP contribution in [0, 0.1) is 5.92 Å². The molecule has 0 spiro atoms. The molecule has 0 aliphatic rings. The summed E-state index contributed by atoms with van der Waals surface area (Å²) in [6, 6.07) is 0. The van der Waals surface area contributed by atoms with Gasteiger partial charge < -0.3 is 8.97 Å². The first-order valence-corrected chi connectivity index (χ1v) is 15.6. The van der Waals surface area contributed by atoms with Crippen molar-refractivity contribution in [2.45, 2.75) is 73.6 Å². The molecule has 0 aliphatic heterocycles. The highest BCUT2D eigenvalue weighted by molar-refractivity contribution is 8.14. The van der Waals surface area contributed by atoms with Gasteiger partial charge >= 0.3 is 0 Å². The van der Waals surface area contributed by atoms with E-state index < -0.39 is 0 Å². The van der Waals surface area contributed by atoms with E-state index in [1.165, 1.54) is 62.0 Å². The average molecular weight is 515 g/mol. The fraction of sp³-hybridized carbons (Fsp3) is 0.786. The number of rotatable bonds is 21. The lowest BCUT2D eigenvalue weighted by Crippen LogP contribution is -2.52. The summed E-state index contributed by atoms with van der Waals surface area (Å²) in [6.07, 6.45) is 11.1. The van der Waals surface area contributed by atoms with Gasteiger partial charge in [0, 0.05) is 5.92 Å². The second-order valence-corrected chi connectivity index (χ2v) is 12.0. The summed E-state index contributed by atoms with van der Waals surface area (Å²) in [5, 5.41) is 0.255. The van der Waals surface area contributed by atoms with Crippen LogP contribution in [0.3, 0.4) is 0 Å². The number of quaternary nitrogens is 2. The Balaban J connectivity index is 4.68. The summed E-state index contributed by atoms with van der Waals surface area (Å²) in [5.74, 6) is 2.25. The maximum Gasteiger partial charge on any atom is 0.212 e. The normalized spacial score (nSPS) is 16.2. The van der Waals surface area contributed by atoms with Crippen LogP contribution in [0.1, 0.15) is 73.6 Å². The molecule has 3 atom stereocenters. The third-order valence-corrected chi connectivity index (χ3v) is 8.65. The van der Waals surface area contributed by atoms with Gasteiger partial charge in [-0.2, -0.15) is 0 Å². The molecule has 0 amide bonds. The summed E-state index contributed by atoms with van der Waals surface area (Å²) in [6.45, 7) is 26.2. The van der Waals surface area contributed by atoms with Crippen LogP contribution in [0.5, 0.6) is 0 Å². The van der Waals surface area contributed by atoms with Gasteiger partial charge in [-0.05, 0) is 51.7 Å². The van der Waals surface area contributed by atoms with Crippen LogP contribution in [0.2, 0.25) is 0 Å². The molecule has 3 unspecified atom stereocenters. The van der Waals surface area contributed by atoms with E-state index in [4.69, 9.17) is 0 Å². The van der Waals surface area contributed by atoms with Gasteiger partial charge in [0.1, 0.15) is 0 Å². The first kappa shape index (κ1) is 33.4. The fourth-order valence-corrected chi connectivity index (χ4v) is 6.58. The summed E-state index contributed by atoms with van der Waals surface area (Å²) in [5.41, 5.74) is 0. The van der Waals surface area contributed by atoms with E-state index >= 15 is 0 Å². The molecular formula is C28H54N2O2S2+2. The van der Waals surface area contributed by atoms with E-state index in [9.17, 15) is 9.59 Å². The summed E-state index contributed by atoms with van der Waals surface area (Å²) >= 11 is 2.86. The van der Waals surface area contributed by atoms with Crippen molar-refractivity contribution >= 4 is 33.8 Å². The van der Waals surface area contributed by atoms with Crippen molar-refractivity contribution in [2.75, 3.05) is 63.9 Å². The lowest BCUT2D eigenvalue weighted by molar-refractivity contribution is -0.927. The first-order valence-electron chi connectivity index (χ1n) is 13.6. The largest absolute Gasteiger partial charge is 0.323 e. The second-order valence-electron chi connectivity index (χ2n) is 9.75. The molecule has 0 fully saturated rings. The topological polar surface area (TPSA) is 34.1 Å². The van der Waals surface area contributed by atoms with Crippen molar-refractivity contribution in [1.82, 2.24) is 0 Å². The molecule has 0 saturated heterocycles. The van der Waals surface area contributed by atoms with E-state index in [-0.39, 0.29) is 10.2 Å². The minimum absolute atomic E-state index is 0.0627. The second kappa shape index (κ2) is 19.6. The molecule has 34 heavy (non-hydrogen) atoms. The Kier molecular flexibility index (Phi) is 19.3. The molecule has 0 aromatic heterocycles. The monoisotopic (exact) mass is 514 g/mol. The maximum absolute atomic E-state index is 12.5. The van der Waals surface area contributed by atoms with Gasteiger partial charge in [0.15, 0.2) is 0 Å². The molecule has 6 heteroatoms. The van der Waals surface area contributed by atoms with Gasteiger partial charge in [0.25, 0.3) is 0 Å². The molecule has 0 aliphatic carbocycles. The van der Waals surface area contributed by atoms with Crippen LogP contribution in [-0.2, 0) is 9.59 Å². The molecule has 0 rings (SSSR count). The Labute approximate surface area is 220 Å². The smallest absolute Gasteiger partial charge is 0.212 e. The molecule has 4 nitrogen and oxygen atoms in total. The molecule has 0 radical (unpaired) electrons. The highest BCUT2D eigenvalue weighted by atomic mass is 32.2. The van der Waals surface area contributed by atoms with E-state index in [0.717, 1.165) is 72.6 Å². The van der Waals surface area contributed by atoms with E-state index in [2.05, 4.69) is 54.2 Å². The Morgan fingerprint density at radius 3 is 1.88 bits per heavy atom. The zero-order chi connectivity index (χ0) is 25.9. The van der Waals surface area contributed by atoms with Crippen LogP contribution < -0.4 is 0 Å². The minimum Gasteiger partial charge on any atom is -0.323 e. The van der Waals surface area contributed by atoms with Crippen molar-refractivity contribution in [2.24, 2.45) is 5.92 Å². The van der Waals surface area contributed by atoms with Crippen LogP contribution in [0.4, 0.5) is 0 Å². The van der Waals surface area contributed by atoms with Crippen LogP contribution in [-0.4, -0.2) is 83.1 Å². The maximum atomic E-state index is 12.5.